The molecule has 5 rings (SSSR count). The summed E-state index contributed by atoms with van der Waals surface area (Å²) in [4.78, 5) is 39.0. The van der Waals surface area contributed by atoms with Gasteiger partial charge in [-0.15, -0.1) is 0 Å². The van der Waals surface area contributed by atoms with Gasteiger partial charge >= 0.3 is 5.97 Å². The third-order valence-electron chi connectivity index (χ3n) is 8.06. The lowest BCUT2D eigenvalue weighted by molar-refractivity contribution is -0.123. The summed E-state index contributed by atoms with van der Waals surface area (Å²) in [5.74, 6) is -1.95. The molecule has 1 aliphatic heterocycles. The molecule has 1 amide bonds. The molecule has 1 fully saturated rings. The van der Waals surface area contributed by atoms with Crippen LogP contribution in [0.4, 0.5) is 11.4 Å². The molecule has 0 spiro atoms. The van der Waals surface area contributed by atoms with E-state index >= 15 is 0 Å². The molecular formula is C32H33Cl2N5O8S2. The molecule has 17 heteroatoms. The molecule has 260 valence electrons. The molecule has 0 saturated carbocycles. The van der Waals surface area contributed by atoms with Gasteiger partial charge in [-0.25, -0.2) is 26.3 Å². The molecule has 1 aromatic heterocycles. The number of halogens is 2. The van der Waals surface area contributed by atoms with Crippen LogP contribution in [0.2, 0.25) is 10.0 Å². The van der Waals surface area contributed by atoms with Crippen molar-refractivity contribution in [3.63, 3.8) is 0 Å². The van der Waals surface area contributed by atoms with Crippen LogP contribution in [0.3, 0.4) is 0 Å². The quantitative estimate of drug-likeness (QED) is 0.215. The van der Waals surface area contributed by atoms with Crippen LogP contribution in [-0.2, 0) is 36.6 Å². The molecule has 49 heavy (non-hydrogen) atoms. The molecule has 13 nitrogen and oxygen atoms in total. The molecule has 1 atom stereocenters. The molecular weight excluding hydrogens is 717 g/mol. The monoisotopic (exact) mass is 749 g/mol. The Labute approximate surface area is 293 Å². The number of nitrogens with zero attached hydrogens (tertiary/aromatic N) is 3. The summed E-state index contributed by atoms with van der Waals surface area (Å²) >= 11 is 12.5. The Hall–Kier alpha value is -4.15. The van der Waals surface area contributed by atoms with Gasteiger partial charge in [0.25, 0.3) is 21.5 Å². The molecule has 0 bridgehead atoms. The lowest BCUT2D eigenvalue weighted by Crippen LogP contribution is -2.35. The topological polar surface area (TPSA) is 166 Å². The SMILES string of the molecule is Cc1c(NS(=O)(=O)c2ccc(Cl)c(C(=O)OC(C)C(=O)Nc3cc(S(=O)(=O)N4CCCCC4)ccc3Cl)c2)c(=O)n(-c2ccccc2)n1C. The number of esters is 1. The fraction of sp³-hybridized carbons (Fsp3) is 0.281. The third-order valence-corrected chi connectivity index (χ3v) is 12.0. The molecule has 2 heterocycles. The number of carbonyl (C=O) groups is 2. The fourth-order valence-corrected chi connectivity index (χ4v) is 8.28. The van der Waals surface area contributed by atoms with Crippen molar-refractivity contribution in [1.29, 1.82) is 0 Å². The van der Waals surface area contributed by atoms with Crippen molar-refractivity contribution in [2.75, 3.05) is 23.1 Å². The smallest absolute Gasteiger partial charge is 0.340 e. The van der Waals surface area contributed by atoms with Crippen molar-refractivity contribution in [1.82, 2.24) is 13.7 Å². The predicted molar refractivity (Wildman–Crippen MR) is 186 cm³/mol. The Morgan fingerprint density at radius 3 is 2.18 bits per heavy atom. The molecule has 4 aromatic rings. The van der Waals surface area contributed by atoms with Crippen molar-refractivity contribution in [2.45, 2.75) is 49.0 Å². The van der Waals surface area contributed by atoms with Crippen LogP contribution in [0, 0.1) is 6.92 Å². The van der Waals surface area contributed by atoms with Crippen LogP contribution in [0.15, 0.2) is 81.3 Å². The molecule has 1 unspecified atom stereocenters. The van der Waals surface area contributed by atoms with Crippen LogP contribution in [0.1, 0.15) is 42.2 Å². The molecule has 1 aliphatic rings. The first-order valence-corrected chi connectivity index (χ1v) is 18.8. The van der Waals surface area contributed by atoms with E-state index in [0.717, 1.165) is 31.4 Å². The first-order chi connectivity index (χ1) is 23.1. The van der Waals surface area contributed by atoms with Crippen LogP contribution >= 0.6 is 23.2 Å². The van der Waals surface area contributed by atoms with E-state index in [1.54, 1.807) is 44.3 Å². The lowest BCUT2D eigenvalue weighted by Gasteiger charge is -2.26. The summed E-state index contributed by atoms with van der Waals surface area (Å²) in [6, 6.07) is 15.9. The maximum absolute atomic E-state index is 13.4. The van der Waals surface area contributed by atoms with E-state index in [1.165, 1.54) is 44.9 Å². The number of aromatic nitrogens is 2. The van der Waals surface area contributed by atoms with Crippen molar-refractivity contribution >= 4 is 66.5 Å². The van der Waals surface area contributed by atoms with Gasteiger partial charge in [-0.05, 0) is 75.2 Å². The van der Waals surface area contributed by atoms with E-state index in [9.17, 15) is 31.2 Å². The van der Waals surface area contributed by atoms with Gasteiger partial charge in [0, 0.05) is 20.1 Å². The normalized spacial score (nSPS) is 14.6. The number of benzene rings is 3. The van der Waals surface area contributed by atoms with E-state index in [-0.39, 0.29) is 31.9 Å². The number of ether oxygens (including phenoxy) is 1. The van der Waals surface area contributed by atoms with Gasteiger partial charge < -0.3 is 10.1 Å². The minimum Gasteiger partial charge on any atom is -0.449 e. The van der Waals surface area contributed by atoms with E-state index in [0.29, 0.717) is 24.5 Å². The second-order valence-corrected chi connectivity index (χ2v) is 15.8. The Bertz CT molecular complexity index is 2200. The number of hydrogen-bond acceptors (Lipinski definition) is 8. The highest BCUT2D eigenvalue weighted by Crippen LogP contribution is 2.29. The highest BCUT2D eigenvalue weighted by molar-refractivity contribution is 7.92. The van der Waals surface area contributed by atoms with Gasteiger partial charge in [0.05, 0.1) is 42.5 Å². The highest BCUT2D eigenvalue weighted by Gasteiger charge is 2.29. The number of sulfonamides is 2. The molecule has 0 radical (unpaired) electrons. The average molecular weight is 751 g/mol. The summed E-state index contributed by atoms with van der Waals surface area (Å²) in [6.07, 6.45) is 0.996. The minimum atomic E-state index is -4.42. The van der Waals surface area contributed by atoms with Gasteiger partial charge in [0.15, 0.2) is 6.10 Å². The van der Waals surface area contributed by atoms with Gasteiger partial charge in [-0.3, -0.25) is 19.0 Å². The fourth-order valence-electron chi connectivity index (χ4n) is 5.23. The van der Waals surface area contributed by atoms with E-state index in [2.05, 4.69) is 10.0 Å². The summed E-state index contributed by atoms with van der Waals surface area (Å²) in [5.41, 5.74) is -0.313. The van der Waals surface area contributed by atoms with Gasteiger partial charge in [-0.1, -0.05) is 47.8 Å². The molecule has 0 aliphatic carbocycles. The average Bonchev–Trinajstić information content (AvgIpc) is 3.28. The molecule has 3 aromatic carbocycles. The number of rotatable bonds is 10. The summed E-state index contributed by atoms with van der Waals surface area (Å²) < 4.78 is 64.9. The second kappa shape index (κ2) is 14.4. The zero-order chi connectivity index (χ0) is 35.7. The van der Waals surface area contributed by atoms with Gasteiger partial charge in [0.1, 0.15) is 5.69 Å². The van der Waals surface area contributed by atoms with Crippen LogP contribution in [-0.4, -0.2) is 61.6 Å². The number of anilines is 2. The minimum absolute atomic E-state index is 0.00706. The zero-order valence-electron chi connectivity index (χ0n) is 26.6. The van der Waals surface area contributed by atoms with E-state index in [1.807, 2.05) is 0 Å². The van der Waals surface area contributed by atoms with E-state index in [4.69, 9.17) is 27.9 Å². The van der Waals surface area contributed by atoms with Gasteiger partial charge in [0.2, 0.25) is 10.0 Å². The lowest BCUT2D eigenvalue weighted by atomic mass is 10.2. The predicted octanol–water partition coefficient (Wildman–Crippen LogP) is 4.95. The zero-order valence-corrected chi connectivity index (χ0v) is 29.8. The van der Waals surface area contributed by atoms with Crippen LogP contribution < -0.4 is 15.6 Å². The van der Waals surface area contributed by atoms with E-state index < -0.39 is 48.5 Å². The highest BCUT2D eigenvalue weighted by atomic mass is 35.5. The molecule has 1 saturated heterocycles. The third kappa shape index (κ3) is 7.55. The van der Waals surface area contributed by atoms with Crippen LogP contribution in [0.5, 0.6) is 0 Å². The standard InChI is InChI=1S/C32H33Cl2N5O8S2/c1-20-29(31(41)39(37(20)3)22-10-6-4-7-11-22)36-48(43,44)23-12-14-26(33)25(18-23)32(42)47-21(2)30(40)35-28-19-24(13-15-27(28)34)49(45,46)38-16-8-5-9-17-38/h4,6-7,10-15,18-19,21,36H,5,8-9,16-17H2,1-3H3,(H,35,40). The Morgan fingerprint density at radius 2 is 1.51 bits per heavy atom. The van der Waals surface area contributed by atoms with Crippen molar-refractivity contribution in [3.8, 4) is 5.69 Å². The summed E-state index contributed by atoms with van der Waals surface area (Å²) in [7, 11) is -6.64. The Morgan fingerprint density at radius 1 is 0.878 bits per heavy atom. The first kappa shape index (κ1) is 36.1. The van der Waals surface area contributed by atoms with Crippen LogP contribution in [0.25, 0.3) is 5.69 Å². The van der Waals surface area contributed by atoms with Crippen molar-refractivity contribution in [2.24, 2.45) is 7.05 Å². The number of hydrogen-bond donors (Lipinski definition) is 2. The Balaban J connectivity index is 1.32. The number of carbonyl (C=O) groups excluding carboxylic acids is 2. The summed E-state index contributed by atoms with van der Waals surface area (Å²) in [5, 5.41) is 2.39. The Kier molecular flexibility index (Phi) is 10.6. The van der Waals surface area contributed by atoms with Gasteiger partial charge in [-0.2, -0.15) is 4.31 Å². The second-order valence-electron chi connectivity index (χ2n) is 11.3. The van der Waals surface area contributed by atoms with Crippen molar-refractivity contribution < 1.29 is 31.2 Å². The largest absolute Gasteiger partial charge is 0.449 e. The number of amides is 1. The number of nitrogens with one attached hydrogen (secondary N) is 2. The summed E-state index contributed by atoms with van der Waals surface area (Å²) in [6.45, 7) is 3.62. The maximum Gasteiger partial charge on any atom is 0.340 e. The number of piperidine rings is 1. The van der Waals surface area contributed by atoms with Crippen molar-refractivity contribution in [3.05, 3.63) is 98.4 Å². The first-order valence-electron chi connectivity index (χ1n) is 15.1. The molecule has 2 N–H and O–H groups in total. The maximum atomic E-state index is 13.4. The number of para-hydroxylation sites is 1.